The number of fused-ring (bicyclic) bond motifs is 1. The Labute approximate surface area is 113 Å². The zero-order valence-corrected chi connectivity index (χ0v) is 11.4. The molecule has 1 N–H and O–H groups in total. The van der Waals surface area contributed by atoms with E-state index in [0.29, 0.717) is 18.4 Å². The molecule has 2 aliphatic heterocycles. The molecule has 0 aromatic carbocycles. The molecule has 0 aromatic rings. The quantitative estimate of drug-likeness (QED) is 0.741. The second kappa shape index (κ2) is 5.12. The molecule has 1 aliphatic carbocycles. The number of methoxy groups -OCH3 is 1. The summed E-state index contributed by atoms with van der Waals surface area (Å²) in [5.41, 5.74) is 0. The van der Waals surface area contributed by atoms with Crippen LogP contribution in [0.1, 0.15) is 32.1 Å². The van der Waals surface area contributed by atoms with E-state index in [1.165, 1.54) is 20.0 Å². The van der Waals surface area contributed by atoms with Gasteiger partial charge in [0, 0.05) is 6.54 Å². The fraction of sp³-hybridized carbons (Fsp3) is 0.857. The van der Waals surface area contributed by atoms with Crippen LogP contribution in [0.3, 0.4) is 0 Å². The number of hydrogen-bond acceptors (Lipinski definition) is 4. The van der Waals surface area contributed by atoms with Gasteiger partial charge in [-0.15, -0.1) is 0 Å². The van der Waals surface area contributed by atoms with E-state index in [0.717, 1.165) is 25.8 Å². The van der Waals surface area contributed by atoms with Crippen molar-refractivity contribution in [3.63, 3.8) is 0 Å². The Morgan fingerprint density at radius 1 is 1.21 bits per heavy atom. The van der Waals surface area contributed by atoms with Crippen LogP contribution in [0, 0.1) is 11.8 Å². The third-order valence-corrected chi connectivity index (χ3v) is 5.02. The van der Waals surface area contributed by atoms with Gasteiger partial charge in [0.2, 0.25) is 5.91 Å². The Hall–Kier alpha value is -1.10. The molecule has 2 heterocycles. The molecule has 3 rings (SSSR count). The number of hydrogen-bond donors (Lipinski definition) is 1. The third-order valence-electron chi connectivity index (χ3n) is 5.02. The van der Waals surface area contributed by atoms with E-state index in [4.69, 9.17) is 4.74 Å². The maximum absolute atomic E-state index is 12.7. The van der Waals surface area contributed by atoms with E-state index in [1.807, 2.05) is 0 Å². The van der Waals surface area contributed by atoms with E-state index >= 15 is 0 Å². The van der Waals surface area contributed by atoms with Crippen molar-refractivity contribution >= 4 is 11.9 Å². The summed E-state index contributed by atoms with van der Waals surface area (Å²) in [6.07, 6.45) is 5.25. The molecule has 1 saturated carbocycles. The average molecular weight is 266 g/mol. The van der Waals surface area contributed by atoms with Crippen LogP contribution in [0.2, 0.25) is 0 Å². The number of esters is 1. The van der Waals surface area contributed by atoms with E-state index in [-0.39, 0.29) is 24.0 Å². The first-order chi connectivity index (χ1) is 9.22. The van der Waals surface area contributed by atoms with Crippen LogP contribution in [0.15, 0.2) is 0 Å². The van der Waals surface area contributed by atoms with Crippen LogP contribution in [0.4, 0.5) is 0 Å². The Bertz CT molecular complexity index is 385. The average Bonchev–Trinajstić information content (AvgIpc) is 3.11. The molecule has 19 heavy (non-hydrogen) atoms. The van der Waals surface area contributed by atoms with Crippen LogP contribution in [-0.4, -0.2) is 49.1 Å². The molecule has 0 aromatic heterocycles. The molecule has 0 radical (unpaired) electrons. The van der Waals surface area contributed by atoms with Crippen molar-refractivity contribution in [2.75, 3.05) is 20.2 Å². The number of likely N-dealkylation sites (tertiary alicyclic amines) is 1. The summed E-state index contributed by atoms with van der Waals surface area (Å²) in [4.78, 5) is 26.2. The number of ether oxygens (including phenoxy) is 1. The minimum absolute atomic E-state index is 0.0715. The molecule has 0 bridgehead atoms. The number of amides is 1. The minimum Gasteiger partial charge on any atom is -0.467 e. The fourth-order valence-electron chi connectivity index (χ4n) is 4.05. The number of carbonyl (C=O) groups excluding carboxylic acids is 2. The molecule has 4 atom stereocenters. The van der Waals surface area contributed by atoms with Crippen LogP contribution in [0.25, 0.3) is 0 Å². The summed E-state index contributed by atoms with van der Waals surface area (Å²) in [6.45, 7) is 1.64. The highest BCUT2D eigenvalue weighted by molar-refractivity contribution is 5.88. The molecule has 1 amide bonds. The number of carbonyl (C=O) groups is 2. The van der Waals surface area contributed by atoms with Gasteiger partial charge in [-0.3, -0.25) is 4.79 Å². The Morgan fingerprint density at radius 3 is 2.84 bits per heavy atom. The number of nitrogens with one attached hydrogen (secondary N) is 1. The molecule has 5 nitrogen and oxygen atoms in total. The van der Waals surface area contributed by atoms with Crippen molar-refractivity contribution < 1.29 is 14.3 Å². The van der Waals surface area contributed by atoms with Gasteiger partial charge < -0.3 is 15.0 Å². The molecule has 3 aliphatic rings. The Balaban J connectivity index is 1.71. The van der Waals surface area contributed by atoms with Crippen LogP contribution in [0.5, 0.6) is 0 Å². The maximum atomic E-state index is 12.7. The van der Waals surface area contributed by atoms with Crippen molar-refractivity contribution in [3.05, 3.63) is 0 Å². The minimum atomic E-state index is -0.361. The van der Waals surface area contributed by atoms with Gasteiger partial charge in [-0.2, -0.15) is 0 Å². The largest absolute Gasteiger partial charge is 0.467 e. The van der Waals surface area contributed by atoms with Gasteiger partial charge in [-0.1, -0.05) is 6.42 Å². The van der Waals surface area contributed by atoms with Gasteiger partial charge >= 0.3 is 5.97 Å². The normalized spacial score (nSPS) is 37.4. The van der Waals surface area contributed by atoms with Gasteiger partial charge in [0.05, 0.1) is 13.2 Å². The molecule has 4 unspecified atom stereocenters. The molecular formula is C14H22N2O3. The van der Waals surface area contributed by atoms with Gasteiger partial charge in [0.15, 0.2) is 0 Å². The molecule has 106 valence electrons. The van der Waals surface area contributed by atoms with Crippen molar-refractivity contribution in [2.24, 2.45) is 11.8 Å². The van der Waals surface area contributed by atoms with Crippen LogP contribution < -0.4 is 5.32 Å². The third kappa shape index (κ3) is 2.14. The standard InChI is InChI=1S/C14H22N2O3/c1-19-14(18)11-6-3-7-16(11)13(17)12-10-5-2-4-9(10)8-15-12/h9-12,15H,2-8H2,1H3. The first-order valence-corrected chi connectivity index (χ1v) is 7.34. The smallest absolute Gasteiger partial charge is 0.328 e. The summed E-state index contributed by atoms with van der Waals surface area (Å²) < 4.78 is 4.81. The maximum Gasteiger partial charge on any atom is 0.328 e. The van der Waals surface area contributed by atoms with E-state index < -0.39 is 0 Å². The lowest BCUT2D eigenvalue weighted by Crippen LogP contribution is -2.50. The first-order valence-electron chi connectivity index (χ1n) is 7.34. The predicted octanol–water partition coefficient (Wildman–Crippen LogP) is 0.538. The summed E-state index contributed by atoms with van der Waals surface area (Å²) in [5.74, 6) is 0.980. The lowest BCUT2D eigenvalue weighted by atomic mass is 9.93. The highest BCUT2D eigenvalue weighted by Crippen LogP contribution is 2.38. The SMILES string of the molecule is COC(=O)C1CCCN1C(=O)C1NCC2CCCC21. The van der Waals surface area contributed by atoms with Crippen molar-refractivity contribution in [2.45, 2.75) is 44.2 Å². The first kappa shape index (κ1) is 12.9. The van der Waals surface area contributed by atoms with Gasteiger partial charge in [0.1, 0.15) is 6.04 Å². The second-order valence-electron chi connectivity index (χ2n) is 5.95. The van der Waals surface area contributed by atoms with Gasteiger partial charge in [0.25, 0.3) is 0 Å². The highest BCUT2D eigenvalue weighted by atomic mass is 16.5. The van der Waals surface area contributed by atoms with Crippen LogP contribution >= 0.6 is 0 Å². The monoisotopic (exact) mass is 266 g/mol. The molecule has 0 spiro atoms. The number of nitrogens with zero attached hydrogens (tertiary/aromatic N) is 1. The number of rotatable bonds is 2. The molecule has 3 fully saturated rings. The summed E-state index contributed by atoms with van der Waals surface area (Å²) in [5, 5.41) is 3.37. The predicted molar refractivity (Wildman–Crippen MR) is 69.4 cm³/mol. The van der Waals surface area contributed by atoms with E-state index in [2.05, 4.69) is 5.32 Å². The van der Waals surface area contributed by atoms with Gasteiger partial charge in [-0.25, -0.2) is 4.79 Å². The van der Waals surface area contributed by atoms with E-state index in [9.17, 15) is 9.59 Å². The topological polar surface area (TPSA) is 58.6 Å². The van der Waals surface area contributed by atoms with Crippen molar-refractivity contribution in [1.29, 1.82) is 0 Å². The Morgan fingerprint density at radius 2 is 2.05 bits per heavy atom. The molecular weight excluding hydrogens is 244 g/mol. The molecule has 2 saturated heterocycles. The Kier molecular flexibility index (Phi) is 3.48. The summed E-state index contributed by atoms with van der Waals surface area (Å²) in [6, 6.07) is -0.433. The second-order valence-corrected chi connectivity index (χ2v) is 5.95. The van der Waals surface area contributed by atoms with Gasteiger partial charge in [-0.05, 0) is 44.1 Å². The zero-order chi connectivity index (χ0) is 13.4. The molecule has 5 heteroatoms. The van der Waals surface area contributed by atoms with E-state index in [1.54, 1.807) is 4.90 Å². The van der Waals surface area contributed by atoms with Crippen molar-refractivity contribution in [1.82, 2.24) is 10.2 Å². The summed E-state index contributed by atoms with van der Waals surface area (Å²) in [7, 11) is 1.39. The lowest BCUT2D eigenvalue weighted by Gasteiger charge is -2.28. The zero-order valence-electron chi connectivity index (χ0n) is 11.4. The highest BCUT2D eigenvalue weighted by Gasteiger charge is 2.46. The van der Waals surface area contributed by atoms with Crippen LogP contribution in [-0.2, 0) is 14.3 Å². The fourth-order valence-corrected chi connectivity index (χ4v) is 4.05. The van der Waals surface area contributed by atoms with Crippen molar-refractivity contribution in [3.8, 4) is 0 Å². The summed E-state index contributed by atoms with van der Waals surface area (Å²) >= 11 is 0. The lowest BCUT2D eigenvalue weighted by molar-refractivity contribution is -0.151.